The van der Waals surface area contributed by atoms with Crippen molar-refractivity contribution in [3.63, 3.8) is 0 Å². The Balaban J connectivity index is 1.53. The van der Waals surface area contributed by atoms with Crippen LogP contribution >= 0.6 is 11.6 Å². The van der Waals surface area contributed by atoms with Crippen LogP contribution in [0, 0.1) is 0 Å². The number of carbonyl (C=O) groups excluding carboxylic acids is 2. The molecule has 0 aliphatic carbocycles. The number of benzene rings is 3. The smallest absolute Gasteiger partial charge is 0.408 e. The van der Waals surface area contributed by atoms with Crippen LogP contribution in [-0.2, 0) is 22.6 Å². The van der Waals surface area contributed by atoms with Crippen molar-refractivity contribution in [1.82, 2.24) is 10.3 Å². The Labute approximate surface area is 202 Å². The number of fused-ring (bicyclic) bond motifs is 1. The van der Waals surface area contributed by atoms with Crippen LogP contribution in [0.5, 0.6) is 5.75 Å². The molecule has 0 aliphatic heterocycles. The number of para-hydroxylation sites is 1. The predicted octanol–water partition coefficient (Wildman–Crippen LogP) is 5.31. The van der Waals surface area contributed by atoms with Crippen molar-refractivity contribution >= 4 is 40.2 Å². The molecule has 174 valence electrons. The van der Waals surface area contributed by atoms with E-state index < -0.39 is 18.0 Å². The first-order valence-corrected chi connectivity index (χ1v) is 11.1. The standard InChI is InChI=1S/C26H24ClN3O4/c1-33-24-12-11-19(27)14-22(24)29-25(31)23(13-18-15-28-21-10-6-5-9-20(18)21)30-26(32)34-16-17-7-3-2-4-8-17/h2-12,14-15,23,28H,13,16H2,1H3,(H,29,31)(H,30,32)/t23-/m0/s1. The maximum absolute atomic E-state index is 13.3. The maximum Gasteiger partial charge on any atom is 0.408 e. The molecular formula is C26H24ClN3O4. The summed E-state index contributed by atoms with van der Waals surface area (Å²) in [5.41, 5.74) is 3.08. The zero-order valence-electron chi connectivity index (χ0n) is 18.5. The van der Waals surface area contributed by atoms with Gasteiger partial charge in [-0.25, -0.2) is 4.79 Å². The summed E-state index contributed by atoms with van der Waals surface area (Å²) >= 11 is 6.10. The van der Waals surface area contributed by atoms with Gasteiger partial charge in [-0.15, -0.1) is 0 Å². The van der Waals surface area contributed by atoms with Gasteiger partial charge in [-0.05, 0) is 35.4 Å². The molecule has 4 aromatic rings. The molecule has 2 amide bonds. The fraction of sp³-hybridized carbons (Fsp3) is 0.154. The number of hydrogen-bond donors (Lipinski definition) is 3. The van der Waals surface area contributed by atoms with E-state index in [0.717, 1.165) is 22.0 Å². The second-order valence-corrected chi connectivity index (χ2v) is 8.09. The molecule has 0 saturated carbocycles. The van der Waals surface area contributed by atoms with Gasteiger partial charge in [-0.1, -0.05) is 60.1 Å². The van der Waals surface area contributed by atoms with Crippen LogP contribution in [0.4, 0.5) is 10.5 Å². The van der Waals surface area contributed by atoms with Gasteiger partial charge in [0.2, 0.25) is 5.91 Å². The van der Waals surface area contributed by atoms with E-state index in [-0.39, 0.29) is 13.0 Å². The van der Waals surface area contributed by atoms with Crippen LogP contribution in [0.2, 0.25) is 5.02 Å². The topological polar surface area (TPSA) is 92.5 Å². The second kappa shape index (κ2) is 10.8. The minimum absolute atomic E-state index is 0.0935. The summed E-state index contributed by atoms with van der Waals surface area (Å²) in [5, 5.41) is 6.93. The summed E-state index contributed by atoms with van der Waals surface area (Å²) in [7, 11) is 1.50. The molecule has 8 heteroatoms. The van der Waals surface area contributed by atoms with Crippen LogP contribution in [0.15, 0.2) is 79.0 Å². The van der Waals surface area contributed by atoms with E-state index in [9.17, 15) is 9.59 Å². The number of halogens is 1. The molecule has 1 atom stereocenters. The van der Waals surface area contributed by atoms with Crippen molar-refractivity contribution in [2.45, 2.75) is 19.1 Å². The highest BCUT2D eigenvalue weighted by Gasteiger charge is 2.24. The maximum atomic E-state index is 13.3. The van der Waals surface area contributed by atoms with Crippen molar-refractivity contribution in [3.8, 4) is 5.75 Å². The molecule has 1 aromatic heterocycles. The largest absolute Gasteiger partial charge is 0.495 e. The SMILES string of the molecule is COc1ccc(Cl)cc1NC(=O)[C@H](Cc1c[nH]c2ccccc12)NC(=O)OCc1ccccc1. The number of ether oxygens (including phenoxy) is 2. The molecule has 4 rings (SSSR count). The lowest BCUT2D eigenvalue weighted by Gasteiger charge is -2.19. The first-order valence-electron chi connectivity index (χ1n) is 10.7. The lowest BCUT2D eigenvalue weighted by Crippen LogP contribution is -2.45. The van der Waals surface area contributed by atoms with E-state index in [0.29, 0.717) is 16.5 Å². The first-order chi connectivity index (χ1) is 16.5. The van der Waals surface area contributed by atoms with Gasteiger partial charge in [0, 0.05) is 28.5 Å². The van der Waals surface area contributed by atoms with Crippen LogP contribution in [0.25, 0.3) is 10.9 Å². The summed E-state index contributed by atoms with van der Waals surface area (Å²) in [6.07, 6.45) is 1.39. The molecule has 0 unspecified atom stereocenters. The zero-order valence-corrected chi connectivity index (χ0v) is 19.3. The Hall–Kier alpha value is -3.97. The van der Waals surface area contributed by atoms with Crippen LogP contribution in [0.3, 0.4) is 0 Å². The van der Waals surface area contributed by atoms with Crippen LogP contribution < -0.4 is 15.4 Å². The Morgan fingerprint density at radius 2 is 1.79 bits per heavy atom. The van der Waals surface area contributed by atoms with Crippen molar-refractivity contribution in [2.75, 3.05) is 12.4 Å². The molecule has 3 N–H and O–H groups in total. The van der Waals surface area contributed by atoms with E-state index in [1.165, 1.54) is 7.11 Å². The second-order valence-electron chi connectivity index (χ2n) is 7.66. The highest BCUT2D eigenvalue weighted by atomic mass is 35.5. The van der Waals surface area contributed by atoms with Gasteiger partial charge in [0.25, 0.3) is 0 Å². The quantitative estimate of drug-likeness (QED) is 0.321. The normalized spacial score (nSPS) is 11.6. The molecule has 0 radical (unpaired) electrons. The molecule has 0 bridgehead atoms. The van der Waals surface area contributed by atoms with E-state index in [2.05, 4.69) is 15.6 Å². The number of methoxy groups -OCH3 is 1. The number of aromatic amines is 1. The molecule has 7 nitrogen and oxygen atoms in total. The van der Waals surface area contributed by atoms with Gasteiger partial charge in [0.05, 0.1) is 12.8 Å². The highest BCUT2D eigenvalue weighted by molar-refractivity contribution is 6.31. The number of H-pyrrole nitrogens is 1. The Kier molecular flexibility index (Phi) is 7.34. The summed E-state index contributed by atoms with van der Waals surface area (Å²) < 4.78 is 10.7. The van der Waals surface area contributed by atoms with Crippen molar-refractivity contribution in [1.29, 1.82) is 0 Å². The highest BCUT2D eigenvalue weighted by Crippen LogP contribution is 2.28. The third-order valence-corrected chi connectivity index (χ3v) is 5.57. The monoisotopic (exact) mass is 477 g/mol. The summed E-state index contributed by atoms with van der Waals surface area (Å²) in [6.45, 7) is 0.0935. The number of carbonyl (C=O) groups is 2. The molecular weight excluding hydrogens is 454 g/mol. The van der Waals surface area contributed by atoms with E-state index in [4.69, 9.17) is 21.1 Å². The van der Waals surface area contributed by atoms with E-state index in [1.807, 2.05) is 60.8 Å². The Morgan fingerprint density at radius 1 is 1.03 bits per heavy atom. The molecule has 1 heterocycles. The average Bonchev–Trinajstić information content (AvgIpc) is 3.26. The Morgan fingerprint density at radius 3 is 2.59 bits per heavy atom. The Bertz CT molecular complexity index is 1290. The fourth-order valence-corrected chi connectivity index (χ4v) is 3.81. The van der Waals surface area contributed by atoms with Gasteiger partial charge >= 0.3 is 6.09 Å². The molecule has 0 aliphatic rings. The fourth-order valence-electron chi connectivity index (χ4n) is 3.63. The molecule has 3 aromatic carbocycles. The van der Waals surface area contributed by atoms with Gasteiger partial charge in [-0.2, -0.15) is 0 Å². The van der Waals surface area contributed by atoms with Gasteiger partial charge in [0.1, 0.15) is 18.4 Å². The number of anilines is 1. The lowest BCUT2D eigenvalue weighted by atomic mass is 10.0. The summed E-state index contributed by atoms with van der Waals surface area (Å²) in [6, 6.07) is 21.1. The predicted molar refractivity (Wildman–Crippen MR) is 132 cm³/mol. The molecule has 0 fully saturated rings. The van der Waals surface area contributed by atoms with Crippen molar-refractivity contribution in [3.05, 3.63) is 95.1 Å². The first kappa shape index (κ1) is 23.2. The van der Waals surface area contributed by atoms with Gasteiger partial charge < -0.3 is 25.1 Å². The number of nitrogens with one attached hydrogen (secondary N) is 3. The zero-order chi connectivity index (χ0) is 23.9. The molecule has 0 saturated heterocycles. The minimum atomic E-state index is -0.911. The summed E-state index contributed by atoms with van der Waals surface area (Å²) in [5.74, 6) is 0.0257. The number of hydrogen-bond acceptors (Lipinski definition) is 4. The third-order valence-electron chi connectivity index (χ3n) is 5.34. The molecule has 34 heavy (non-hydrogen) atoms. The third kappa shape index (κ3) is 5.68. The van der Waals surface area contributed by atoms with Crippen molar-refractivity contribution < 1.29 is 19.1 Å². The van der Waals surface area contributed by atoms with E-state index in [1.54, 1.807) is 18.2 Å². The van der Waals surface area contributed by atoms with Gasteiger partial charge in [0.15, 0.2) is 0 Å². The number of alkyl carbamates (subject to hydrolysis) is 1. The number of rotatable bonds is 8. The number of aromatic nitrogens is 1. The lowest BCUT2D eigenvalue weighted by molar-refractivity contribution is -0.118. The molecule has 0 spiro atoms. The minimum Gasteiger partial charge on any atom is -0.495 e. The van der Waals surface area contributed by atoms with Crippen LogP contribution in [0.1, 0.15) is 11.1 Å². The van der Waals surface area contributed by atoms with Crippen LogP contribution in [-0.4, -0.2) is 30.1 Å². The van der Waals surface area contributed by atoms with Gasteiger partial charge in [-0.3, -0.25) is 4.79 Å². The summed E-state index contributed by atoms with van der Waals surface area (Å²) in [4.78, 5) is 29.1. The number of amides is 2. The van der Waals surface area contributed by atoms with E-state index >= 15 is 0 Å². The average molecular weight is 478 g/mol. The van der Waals surface area contributed by atoms with Crippen molar-refractivity contribution in [2.24, 2.45) is 0 Å².